The number of fused-ring (bicyclic) bond motifs is 1. The molecule has 1 heterocycles. The van der Waals surface area contributed by atoms with Gasteiger partial charge in [-0.25, -0.2) is 0 Å². The second-order valence-electron chi connectivity index (χ2n) is 10.8. The molecule has 0 aromatic heterocycles. The van der Waals surface area contributed by atoms with E-state index >= 15 is 0 Å². The van der Waals surface area contributed by atoms with Gasteiger partial charge in [0.15, 0.2) is 0 Å². The summed E-state index contributed by atoms with van der Waals surface area (Å²) in [6.45, 7) is 6.02. The Bertz CT molecular complexity index is 1340. The molecule has 7 heteroatoms. The molecule has 3 aromatic carbocycles. The second-order valence-corrected chi connectivity index (χ2v) is 11.3. The number of carboxylic acid groups (broad SMARTS) is 1. The van der Waals surface area contributed by atoms with Gasteiger partial charge >= 0.3 is 5.97 Å². The zero-order valence-electron chi connectivity index (χ0n) is 21.8. The van der Waals surface area contributed by atoms with Gasteiger partial charge < -0.3 is 10.2 Å². The molecule has 38 heavy (non-hydrogen) atoms. The van der Waals surface area contributed by atoms with Crippen molar-refractivity contribution in [1.82, 2.24) is 4.90 Å². The fourth-order valence-electron chi connectivity index (χ4n) is 4.73. The molecule has 0 fully saturated rings. The number of carboxylic acids is 1. The van der Waals surface area contributed by atoms with Gasteiger partial charge in [-0.2, -0.15) is 0 Å². The minimum Gasteiger partial charge on any atom is -0.481 e. The number of imide groups is 1. The topological polar surface area (TPSA) is 94.9 Å². The van der Waals surface area contributed by atoms with Crippen molar-refractivity contribution in [1.29, 1.82) is 0 Å². The first-order valence-corrected chi connectivity index (χ1v) is 13.1. The van der Waals surface area contributed by atoms with Crippen LogP contribution in [0.15, 0.2) is 66.7 Å². The van der Waals surface area contributed by atoms with Crippen LogP contribution in [0.1, 0.15) is 65.5 Å². The van der Waals surface area contributed by atoms with Crippen LogP contribution in [0.4, 0.5) is 0 Å². The van der Waals surface area contributed by atoms with Crippen LogP contribution >= 0.6 is 11.6 Å². The maximum atomic E-state index is 13.0. The van der Waals surface area contributed by atoms with E-state index in [0.29, 0.717) is 22.6 Å². The summed E-state index contributed by atoms with van der Waals surface area (Å²) in [5.41, 5.74) is 4.48. The highest BCUT2D eigenvalue weighted by atomic mass is 35.5. The van der Waals surface area contributed by atoms with Gasteiger partial charge in [0.2, 0.25) is 0 Å². The van der Waals surface area contributed by atoms with Gasteiger partial charge in [0.05, 0.1) is 23.1 Å². The Morgan fingerprint density at radius 2 is 1.45 bits per heavy atom. The molecule has 1 aliphatic heterocycles. The lowest BCUT2D eigenvalue weighted by Crippen LogP contribution is -2.36. The molecule has 2 amide bonds. The fourth-order valence-corrected chi connectivity index (χ4v) is 4.86. The molecule has 6 nitrogen and oxygen atoms in total. The van der Waals surface area contributed by atoms with E-state index in [2.05, 4.69) is 0 Å². The molecule has 0 saturated heterocycles. The average Bonchev–Trinajstić information content (AvgIpc) is 3.12. The van der Waals surface area contributed by atoms with Crippen LogP contribution in [0, 0.1) is 5.92 Å². The number of aliphatic carboxylic acids is 1. The van der Waals surface area contributed by atoms with Crippen LogP contribution in [0.5, 0.6) is 0 Å². The van der Waals surface area contributed by atoms with Crippen molar-refractivity contribution in [2.24, 2.45) is 5.92 Å². The first-order valence-electron chi connectivity index (χ1n) is 12.7. The van der Waals surface area contributed by atoms with Crippen molar-refractivity contribution in [3.05, 3.63) is 94.0 Å². The molecule has 0 radical (unpaired) electrons. The number of benzene rings is 3. The van der Waals surface area contributed by atoms with Crippen molar-refractivity contribution in [3.8, 4) is 11.1 Å². The largest absolute Gasteiger partial charge is 0.481 e. The quantitative estimate of drug-likeness (QED) is 0.330. The van der Waals surface area contributed by atoms with E-state index in [1.165, 1.54) is 0 Å². The van der Waals surface area contributed by atoms with E-state index in [-0.39, 0.29) is 24.8 Å². The summed E-state index contributed by atoms with van der Waals surface area (Å²) in [7, 11) is 0. The molecule has 0 spiro atoms. The van der Waals surface area contributed by atoms with E-state index in [9.17, 15) is 24.6 Å². The Morgan fingerprint density at radius 1 is 0.868 bits per heavy atom. The molecule has 0 bridgehead atoms. The lowest BCUT2D eigenvalue weighted by molar-refractivity contribution is -0.146. The molecule has 0 aliphatic carbocycles. The molecule has 0 saturated carbocycles. The number of hydrogen-bond acceptors (Lipinski definition) is 4. The standard InChI is InChI=1S/C31H32ClNO5/c1-31(2,3)22-11-14-24-26(18-22)29(36)33(28(24)35)17-16-25(30(37)38)27(34)15-6-19-4-7-20(8-5-19)21-9-12-23(32)13-10-21/h4-5,7-14,18,25,27,34H,6,15-17H2,1-3H3,(H,37,38)/t25-,27+/m0/s1. The number of aliphatic hydroxyl groups is 1. The Kier molecular flexibility index (Phi) is 8.05. The number of aryl methyl sites for hydroxylation is 1. The third kappa shape index (κ3) is 5.98. The number of carbonyl (C=O) groups excluding carboxylic acids is 2. The van der Waals surface area contributed by atoms with Crippen molar-refractivity contribution in [3.63, 3.8) is 0 Å². The average molecular weight is 534 g/mol. The third-order valence-electron chi connectivity index (χ3n) is 7.14. The maximum Gasteiger partial charge on any atom is 0.309 e. The van der Waals surface area contributed by atoms with Gasteiger partial charge in [-0.1, -0.05) is 74.8 Å². The lowest BCUT2D eigenvalue weighted by atomic mass is 9.85. The van der Waals surface area contributed by atoms with E-state index in [4.69, 9.17) is 11.6 Å². The minimum atomic E-state index is -1.15. The first-order chi connectivity index (χ1) is 18.0. The summed E-state index contributed by atoms with van der Waals surface area (Å²) >= 11 is 5.96. The molecular weight excluding hydrogens is 502 g/mol. The summed E-state index contributed by atoms with van der Waals surface area (Å²) in [5.74, 6) is -3.10. The van der Waals surface area contributed by atoms with Crippen LogP contribution in [0.3, 0.4) is 0 Å². The number of rotatable bonds is 9. The summed E-state index contributed by atoms with van der Waals surface area (Å²) in [6.07, 6.45) is -0.405. The van der Waals surface area contributed by atoms with Gasteiger partial charge in [0.25, 0.3) is 11.8 Å². The molecule has 2 atom stereocenters. The normalized spacial score (nSPS) is 14.9. The number of nitrogens with zero attached hydrogens (tertiary/aromatic N) is 1. The number of halogens is 1. The molecule has 1 aliphatic rings. The lowest BCUT2D eigenvalue weighted by Gasteiger charge is -2.22. The number of aliphatic hydroxyl groups excluding tert-OH is 1. The Hall–Kier alpha value is -3.48. The predicted molar refractivity (Wildman–Crippen MR) is 147 cm³/mol. The van der Waals surface area contributed by atoms with E-state index in [1.807, 2.05) is 75.4 Å². The van der Waals surface area contributed by atoms with Crippen LogP contribution in [0.2, 0.25) is 5.02 Å². The zero-order chi connectivity index (χ0) is 27.6. The van der Waals surface area contributed by atoms with Crippen molar-refractivity contribution < 1.29 is 24.6 Å². The van der Waals surface area contributed by atoms with Gasteiger partial charge in [0.1, 0.15) is 0 Å². The number of carbonyl (C=O) groups is 3. The molecule has 0 unspecified atom stereocenters. The monoisotopic (exact) mass is 533 g/mol. The van der Waals surface area contributed by atoms with Gasteiger partial charge in [-0.3, -0.25) is 19.3 Å². The Labute approximate surface area is 227 Å². The fraction of sp³-hybridized carbons (Fsp3) is 0.323. The molecule has 4 rings (SSSR count). The van der Waals surface area contributed by atoms with Crippen molar-refractivity contribution in [2.75, 3.05) is 6.54 Å². The number of amides is 2. The van der Waals surface area contributed by atoms with Gasteiger partial charge in [0, 0.05) is 11.6 Å². The highest BCUT2D eigenvalue weighted by Gasteiger charge is 2.37. The first kappa shape index (κ1) is 27.6. The Balaban J connectivity index is 1.36. The highest BCUT2D eigenvalue weighted by Crippen LogP contribution is 2.30. The zero-order valence-corrected chi connectivity index (χ0v) is 22.5. The van der Waals surface area contributed by atoms with Crippen LogP contribution in [-0.4, -0.2) is 45.5 Å². The van der Waals surface area contributed by atoms with Crippen molar-refractivity contribution in [2.45, 2.75) is 51.6 Å². The molecular formula is C31H32ClNO5. The van der Waals surface area contributed by atoms with E-state index < -0.39 is 29.8 Å². The van der Waals surface area contributed by atoms with Crippen LogP contribution < -0.4 is 0 Å². The smallest absolute Gasteiger partial charge is 0.309 e. The molecule has 198 valence electrons. The summed E-state index contributed by atoms with van der Waals surface area (Å²) in [6, 6.07) is 20.7. The second kappa shape index (κ2) is 11.1. The SMILES string of the molecule is CC(C)(C)c1ccc2c(c1)C(=O)N(CC[C@H](C(=O)O)[C@H](O)CCc1ccc(-c3ccc(Cl)cc3)cc1)C2=O. The predicted octanol–water partition coefficient (Wildman–Crippen LogP) is 5.99. The third-order valence-corrected chi connectivity index (χ3v) is 7.39. The highest BCUT2D eigenvalue weighted by molar-refractivity contribution is 6.30. The molecule has 3 aromatic rings. The summed E-state index contributed by atoms with van der Waals surface area (Å²) in [4.78, 5) is 38.9. The van der Waals surface area contributed by atoms with Gasteiger partial charge in [-0.15, -0.1) is 0 Å². The number of hydrogen-bond donors (Lipinski definition) is 2. The van der Waals surface area contributed by atoms with Crippen molar-refractivity contribution >= 4 is 29.4 Å². The minimum absolute atomic E-state index is 0.0242. The van der Waals surface area contributed by atoms with Crippen LogP contribution in [0.25, 0.3) is 11.1 Å². The summed E-state index contributed by atoms with van der Waals surface area (Å²) < 4.78 is 0. The Morgan fingerprint density at radius 3 is 2.03 bits per heavy atom. The van der Waals surface area contributed by atoms with Crippen LogP contribution in [-0.2, 0) is 16.6 Å². The summed E-state index contributed by atoms with van der Waals surface area (Å²) in [5, 5.41) is 21.2. The van der Waals surface area contributed by atoms with E-state index in [0.717, 1.165) is 27.2 Å². The van der Waals surface area contributed by atoms with Gasteiger partial charge in [-0.05, 0) is 71.2 Å². The molecule has 2 N–H and O–H groups in total. The maximum absolute atomic E-state index is 13.0. The van der Waals surface area contributed by atoms with E-state index in [1.54, 1.807) is 12.1 Å².